The van der Waals surface area contributed by atoms with Crippen LogP contribution in [0.3, 0.4) is 0 Å². The number of esters is 1. The number of hydrogen-bond acceptors (Lipinski definition) is 4. The normalized spacial score (nSPS) is 23.0. The minimum Gasteiger partial charge on any atom is -0.468 e. The fraction of sp³-hybridized carbons (Fsp3) is 0.304. The van der Waals surface area contributed by atoms with Gasteiger partial charge in [0.05, 0.1) is 7.11 Å². The molecule has 4 rings (SSSR count). The number of carbonyl (C=O) groups is 2. The molecule has 0 N–H and O–H groups in total. The van der Waals surface area contributed by atoms with Gasteiger partial charge in [-0.15, -0.1) is 0 Å². The first-order valence-electron chi connectivity index (χ1n) is 9.34. The lowest BCUT2D eigenvalue weighted by Crippen LogP contribution is -2.42. The van der Waals surface area contributed by atoms with Crippen LogP contribution in [0, 0.1) is 11.8 Å². The summed E-state index contributed by atoms with van der Waals surface area (Å²) in [5, 5.41) is 0. The second-order valence-corrected chi connectivity index (χ2v) is 7.26. The van der Waals surface area contributed by atoms with Gasteiger partial charge in [0.15, 0.2) is 5.78 Å². The molecule has 1 aliphatic heterocycles. The summed E-state index contributed by atoms with van der Waals surface area (Å²) in [4.78, 5) is 27.5. The molecule has 4 heteroatoms. The Morgan fingerprint density at radius 1 is 1.07 bits per heavy atom. The van der Waals surface area contributed by atoms with Crippen molar-refractivity contribution in [3.8, 4) is 0 Å². The van der Waals surface area contributed by atoms with Crippen LogP contribution in [-0.4, -0.2) is 42.9 Å². The van der Waals surface area contributed by atoms with Crippen molar-refractivity contribution in [3.63, 3.8) is 0 Å². The number of likely N-dealkylation sites (tertiary alicyclic amines) is 1. The van der Waals surface area contributed by atoms with Crippen molar-refractivity contribution in [2.75, 3.05) is 20.2 Å². The fourth-order valence-corrected chi connectivity index (χ4v) is 4.25. The summed E-state index contributed by atoms with van der Waals surface area (Å²) in [7, 11) is 1.43. The minimum atomic E-state index is -0.357. The molecule has 2 aliphatic rings. The lowest BCUT2D eigenvalue weighted by molar-refractivity contribution is -0.146. The van der Waals surface area contributed by atoms with Crippen LogP contribution in [0.4, 0.5) is 0 Å². The van der Waals surface area contributed by atoms with E-state index in [4.69, 9.17) is 4.74 Å². The molecule has 0 bridgehead atoms. The standard InChI is InChI=1S/C23H23NO3/c1-27-23(26)21(12-16-8-4-2-5-9-16)24-14-18-13-19(22(25)20(18)15-24)17-10-6-3-7-11-17/h2-11,13,18,20-21H,12,14-15H2,1H3/t18?,20?,21-/m0/s1. The molecule has 138 valence electrons. The highest BCUT2D eigenvalue weighted by Gasteiger charge is 2.45. The van der Waals surface area contributed by atoms with Crippen molar-refractivity contribution in [3.05, 3.63) is 77.9 Å². The maximum absolute atomic E-state index is 12.9. The zero-order valence-corrected chi connectivity index (χ0v) is 15.4. The first kappa shape index (κ1) is 17.7. The Morgan fingerprint density at radius 3 is 2.37 bits per heavy atom. The van der Waals surface area contributed by atoms with E-state index in [1.165, 1.54) is 7.11 Å². The van der Waals surface area contributed by atoms with E-state index < -0.39 is 0 Å². The van der Waals surface area contributed by atoms with E-state index in [0.29, 0.717) is 19.5 Å². The van der Waals surface area contributed by atoms with Gasteiger partial charge in [-0.3, -0.25) is 14.5 Å². The monoisotopic (exact) mass is 361 g/mol. The SMILES string of the molecule is COC(=O)[C@H](Cc1ccccc1)N1CC2C=C(c3ccccc3)C(=O)C2C1. The highest BCUT2D eigenvalue weighted by molar-refractivity contribution is 6.24. The number of nitrogens with zero attached hydrogens (tertiary/aromatic N) is 1. The molecule has 1 aliphatic carbocycles. The summed E-state index contributed by atoms with van der Waals surface area (Å²) in [5.41, 5.74) is 2.90. The molecule has 4 nitrogen and oxygen atoms in total. The predicted molar refractivity (Wildman–Crippen MR) is 104 cm³/mol. The van der Waals surface area contributed by atoms with E-state index >= 15 is 0 Å². The molecule has 0 spiro atoms. The fourth-order valence-electron chi connectivity index (χ4n) is 4.25. The number of carbonyl (C=O) groups excluding carboxylic acids is 2. The van der Waals surface area contributed by atoms with Gasteiger partial charge >= 0.3 is 5.97 Å². The largest absolute Gasteiger partial charge is 0.468 e. The Balaban J connectivity index is 1.53. The van der Waals surface area contributed by atoms with Crippen LogP contribution in [0.1, 0.15) is 11.1 Å². The molecule has 1 heterocycles. The number of ether oxygens (including phenoxy) is 1. The smallest absolute Gasteiger partial charge is 0.323 e. The highest BCUT2D eigenvalue weighted by Crippen LogP contribution is 2.39. The number of fused-ring (bicyclic) bond motifs is 1. The third-order valence-electron chi connectivity index (χ3n) is 5.65. The summed E-state index contributed by atoms with van der Waals surface area (Å²) in [5.74, 6) is 0.0503. The van der Waals surface area contributed by atoms with Crippen molar-refractivity contribution < 1.29 is 14.3 Å². The Bertz CT molecular complexity index is 860. The first-order chi connectivity index (χ1) is 13.2. The van der Waals surface area contributed by atoms with Crippen molar-refractivity contribution in [1.82, 2.24) is 4.90 Å². The van der Waals surface area contributed by atoms with Gasteiger partial charge < -0.3 is 4.74 Å². The van der Waals surface area contributed by atoms with Crippen molar-refractivity contribution >= 4 is 17.3 Å². The molecule has 2 unspecified atom stereocenters. The summed E-state index contributed by atoms with van der Waals surface area (Å²) in [6.07, 6.45) is 2.69. The number of allylic oxidation sites excluding steroid dienone is 1. The molecule has 0 radical (unpaired) electrons. The molecule has 0 saturated carbocycles. The van der Waals surface area contributed by atoms with Gasteiger partial charge in [0.2, 0.25) is 0 Å². The molecule has 1 fully saturated rings. The number of hydrogen-bond donors (Lipinski definition) is 0. The van der Waals surface area contributed by atoms with Crippen LogP contribution >= 0.6 is 0 Å². The van der Waals surface area contributed by atoms with Crippen molar-refractivity contribution in [2.45, 2.75) is 12.5 Å². The van der Waals surface area contributed by atoms with Crippen LogP contribution in [0.5, 0.6) is 0 Å². The number of ketones is 1. The summed E-state index contributed by atoms with van der Waals surface area (Å²) in [6.45, 7) is 1.31. The second kappa shape index (κ2) is 7.49. The van der Waals surface area contributed by atoms with E-state index in [2.05, 4.69) is 11.0 Å². The Kier molecular flexibility index (Phi) is 4.90. The molecule has 1 saturated heterocycles. The lowest BCUT2D eigenvalue weighted by atomic mass is 9.97. The second-order valence-electron chi connectivity index (χ2n) is 7.26. The van der Waals surface area contributed by atoms with Crippen LogP contribution in [-0.2, 0) is 20.7 Å². The number of rotatable bonds is 5. The predicted octanol–water partition coefficient (Wildman–Crippen LogP) is 2.99. The quantitative estimate of drug-likeness (QED) is 0.768. The average Bonchev–Trinajstić information content (AvgIpc) is 3.26. The Labute approximate surface area is 159 Å². The third kappa shape index (κ3) is 3.45. The van der Waals surface area contributed by atoms with Crippen molar-refractivity contribution in [2.24, 2.45) is 11.8 Å². The first-order valence-corrected chi connectivity index (χ1v) is 9.34. The van der Waals surface area contributed by atoms with Gasteiger partial charge in [-0.2, -0.15) is 0 Å². The minimum absolute atomic E-state index is 0.0665. The number of Topliss-reactive ketones (excluding diaryl/α,β-unsaturated/α-hetero) is 1. The van der Waals surface area contributed by atoms with Gasteiger partial charge in [-0.1, -0.05) is 66.7 Å². The van der Waals surface area contributed by atoms with Crippen LogP contribution in [0.25, 0.3) is 5.57 Å². The van der Waals surface area contributed by atoms with Gasteiger partial charge in [-0.05, 0) is 17.5 Å². The molecule has 2 aromatic rings. The van der Waals surface area contributed by atoms with Crippen molar-refractivity contribution in [1.29, 1.82) is 0 Å². The van der Waals surface area contributed by atoms with E-state index in [1.54, 1.807) is 0 Å². The maximum Gasteiger partial charge on any atom is 0.323 e. The third-order valence-corrected chi connectivity index (χ3v) is 5.65. The average molecular weight is 361 g/mol. The topological polar surface area (TPSA) is 46.6 Å². The molecule has 2 aromatic carbocycles. The lowest BCUT2D eigenvalue weighted by Gasteiger charge is -2.26. The van der Waals surface area contributed by atoms with E-state index in [0.717, 1.165) is 16.7 Å². The van der Waals surface area contributed by atoms with Gasteiger partial charge in [0.1, 0.15) is 6.04 Å². The number of methoxy groups -OCH3 is 1. The van der Waals surface area contributed by atoms with Gasteiger partial charge in [0.25, 0.3) is 0 Å². The zero-order valence-electron chi connectivity index (χ0n) is 15.4. The van der Waals surface area contributed by atoms with Gasteiger partial charge in [-0.25, -0.2) is 0 Å². The molecule has 0 aromatic heterocycles. The highest BCUT2D eigenvalue weighted by atomic mass is 16.5. The molecule has 27 heavy (non-hydrogen) atoms. The zero-order chi connectivity index (χ0) is 18.8. The Morgan fingerprint density at radius 2 is 1.74 bits per heavy atom. The molecule has 0 amide bonds. The van der Waals surface area contributed by atoms with Crippen LogP contribution in [0.2, 0.25) is 0 Å². The summed E-state index contributed by atoms with van der Waals surface area (Å²) < 4.78 is 5.06. The summed E-state index contributed by atoms with van der Waals surface area (Å²) in [6, 6.07) is 19.4. The maximum atomic E-state index is 12.9. The van der Waals surface area contributed by atoms with Gasteiger partial charge in [0, 0.05) is 30.5 Å². The van der Waals surface area contributed by atoms with Crippen LogP contribution in [0.15, 0.2) is 66.7 Å². The summed E-state index contributed by atoms with van der Waals surface area (Å²) >= 11 is 0. The molecular formula is C23H23NO3. The van der Waals surface area contributed by atoms with E-state index in [9.17, 15) is 9.59 Å². The van der Waals surface area contributed by atoms with E-state index in [1.807, 2.05) is 60.7 Å². The van der Waals surface area contributed by atoms with E-state index in [-0.39, 0.29) is 29.6 Å². The Hall–Kier alpha value is -2.72. The molecule has 3 atom stereocenters. The molecular weight excluding hydrogens is 338 g/mol. The van der Waals surface area contributed by atoms with Crippen LogP contribution < -0.4 is 0 Å². The number of benzene rings is 2.